The molecule has 0 unspecified atom stereocenters. The first-order valence-electron chi connectivity index (χ1n) is 5.42. The lowest BCUT2D eigenvalue weighted by molar-refractivity contribution is 0.0698. The average molecular weight is 400 g/mol. The number of halogens is 2. The van der Waals surface area contributed by atoms with Gasteiger partial charge in [-0.3, -0.25) is 9.78 Å². The van der Waals surface area contributed by atoms with Crippen molar-refractivity contribution in [2.45, 2.75) is 0 Å². The quantitative estimate of drug-likeness (QED) is 0.826. The molecule has 1 aromatic carbocycles. The van der Waals surface area contributed by atoms with Crippen LogP contribution in [0.3, 0.4) is 0 Å². The molecule has 1 aromatic heterocycles. The molecule has 0 saturated carbocycles. The Hall–Kier alpha value is -1.73. The molecule has 1 amide bonds. The van der Waals surface area contributed by atoms with E-state index in [1.165, 1.54) is 12.3 Å². The number of pyridine rings is 1. The number of hydrogen-bond donors (Lipinski definition) is 2. The smallest absolute Gasteiger partial charge is 0.337 e. The number of para-hydroxylation sites is 1. The molecule has 2 N–H and O–H groups in total. The summed E-state index contributed by atoms with van der Waals surface area (Å²) in [6, 6.07) is 6.26. The molecule has 0 aliphatic rings. The maximum absolute atomic E-state index is 12.1. The van der Waals surface area contributed by atoms with Crippen LogP contribution in [0.5, 0.6) is 0 Å². The van der Waals surface area contributed by atoms with Crippen molar-refractivity contribution in [3.05, 3.63) is 56.7 Å². The highest BCUT2D eigenvalue weighted by atomic mass is 79.9. The van der Waals surface area contributed by atoms with E-state index >= 15 is 0 Å². The van der Waals surface area contributed by atoms with Gasteiger partial charge in [0.05, 0.1) is 16.8 Å². The molecule has 2 aromatic rings. The fourth-order valence-corrected chi connectivity index (χ4v) is 2.38. The van der Waals surface area contributed by atoms with Crippen LogP contribution in [0.15, 0.2) is 45.6 Å². The number of carbonyl (C=O) groups excluding carboxylic acids is 1. The number of amides is 1. The van der Waals surface area contributed by atoms with Gasteiger partial charge in [-0.05, 0) is 50.1 Å². The van der Waals surface area contributed by atoms with Crippen molar-refractivity contribution in [3.8, 4) is 0 Å². The zero-order valence-corrected chi connectivity index (χ0v) is 13.1. The van der Waals surface area contributed by atoms with Gasteiger partial charge >= 0.3 is 5.97 Å². The molecule has 2 rings (SSSR count). The van der Waals surface area contributed by atoms with E-state index < -0.39 is 11.9 Å². The molecule has 0 fully saturated rings. The molecule has 0 saturated heterocycles. The highest BCUT2D eigenvalue weighted by molar-refractivity contribution is 9.10. The van der Waals surface area contributed by atoms with Crippen molar-refractivity contribution in [1.29, 1.82) is 0 Å². The van der Waals surface area contributed by atoms with E-state index in [1.54, 1.807) is 24.4 Å². The van der Waals surface area contributed by atoms with Crippen molar-refractivity contribution in [2.24, 2.45) is 0 Å². The second-order valence-electron chi connectivity index (χ2n) is 3.81. The number of rotatable bonds is 3. The van der Waals surface area contributed by atoms with Gasteiger partial charge in [0.2, 0.25) is 0 Å². The predicted octanol–water partition coefficient (Wildman–Crippen LogP) is 3.56. The topological polar surface area (TPSA) is 79.3 Å². The van der Waals surface area contributed by atoms with Gasteiger partial charge in [0.25, 0.3) is 5.91 Å². The number of nitrogens with zero attached hydrogens (tertiary/aromatic N) is 1. The molecule has 0 atom stereocenters. The van der Waals surface area contributed by atoms with E-state index in [1.807, 2.05) is 0 Å². The highest BCUT2D eigenvalue weighted by Gasteiger charge is 2.16. The van der Waals surface area contributed by atoms with Gasteiger partial charge in [-0.15, -0.1) is 0 Å². The van der Waals surface area contributed by atoms with Crippen molar-refractivity contribution >= 4 is 49.4 Å². The van der Waals surface area contributed by atoms with Gasteiger partial charge in [0.15, 0.2) is 0 Å². The van der Waals surface area contributed by atoms with Crippen LogP contribution >= 0.6 is 31.9 Å². The summed E-state index contributed by atoms with van der Waals surface area (Å²) in [7, 11) is 0. The maximum atomic E-state index is 12.1. The van der Waals surface area contributed by atoms with Crippen LogP contribution < -0.4 is 5.32 Å². The van der Waals surface area contributed by atoms with Crippen LogP contribution in [0, 0.1) is 0 Å². The second kappa shape index (κ2) is 6.15. The molecular weight excluding hydrogens is 392 g/mol. The van der Waals surface area contributed by atoms with Crippen LogP contribution in [0.1, 0.15) is 20.7 Å². The zero-order valence-electron chi connectivity index (χ0n) is 9.93. The number of aromatic carboxylic acids is 1. The van der Waals surface area contributed by atoms with E-state index in [0.717, 1.165) is 0 Å². The normalized spacial score (nSPS) is 10.1. The number of benzene rings is 1. The third-order valence-electron chi connectivity index (χ3n) is 2.45. The van der Waals surface area contributed by atoms with Crippen LogP contribution in [-0.2, 0) is 0 Å². The Morgan fingerprint density at radius 2 is 1.95 bits per heavy atom. The monoisotopic (exact) mass is 398 g/mol. The number of carboxylic acid groups (broad SMARTS) is 1. The Labute approximate surface area is 131 Å². The van der Waals surface area contributed by atoms with Gasteiger partial charge in [-0.2, -0.15) is 0 Å². The Morgan fingerprint density at radius 1 is 1.20 bits per heavy atom. The molecular formula is C13H8Br2N2O3. The maximum Gasteiger partial charge on any atom is 0.337 e. The Balaban J connectivity index is 2.35. The third-order valence-corrected chi connectivity index (χ3v) is 3.54. The lowest BCUT2D eigenvalue weighted by Crippen LogP contribution is -2.15. The fourth-order valence-electron chi connectivity index (χ4n) is 1.55. The molecule has 102 valence electrons. The molecule has 0 radical (unpaired) electrons. The summed E-state index contributed by atoms with van der Waals surface area (Å²) in [5.41, 5.74) is 0.548. The SMILES string of the molecule is O=C(Nc1c(Br)cccc1C(=O)O)c1cncc(Br)c1. The third kappa shape index (κ3) is 3.23. The van der Waals surface area contributed by atoms with Crippen molar-refractivity contribution in [2.75, 3.05) is 5.32 Å². The number of anilines is 1. The van der Waals surface area contributed by atoms with Crippen LogP contribution in [0.4, 0.5) is 5.69 Å². The summed E-state index contributed by atoms with van der Waals surface area (Å²) in [4.78, 5) is 27.2. The summed E-state index contributed by atoms with van der Waals surface area (Å²) < 4.78 is 1.16. The van der Waals surface area contributed by atoms with Gasteiger partial charge < -0.3 is 10.4 Å². The summed E-state index contributed by atoms with van der Waals surface area (Å²) in [6.45, 7) is 0. The number of hydrogen-bond acceptors (Lipinski definition) is 3. The lowest BCUT2D eigenvalue weighted by Gasteiger charge is -2.10. The number of carboxylic acids is 1. The minimum Gasteiger partial charge on any atom is -0.478 e. The van der Waals surface area contributed by atoms with E-state index in [-0.39, 0.29) is 11.3 Å². The first kappa shape index (κ1) is 14.7. The standard InChI is InChI=1S/C13H8Br2N2O3/c14-8-4-7(5-16-6-8)12(18)17-11-9(13(19)20)2-1-3-10(11)15/h1-6H,(H,17,18)(H,19,20). The summed E-state index contributed by atoms with van der Waals surface area (Å²) in [5, 5.41) is 11.7. The van der Waals surface area contributed by atoms with E-state index in [4.69, 9.17) is 5.11 Å². The van der Waals surface area contributed by atoms with Crippen molar-refractivity contribution in [1.82, 2.24) is 4.98 Å². The predicted molar refractivity (Wildman–Crippen MR) is 81.0 cm³/mol. The fraction of sp³-hybridized carbons (Fsp3) is 0. The molecule has 5 nitrogen and oxygen atoms in total. The Morgan fingerprint density at radius 3 is 2.60 bits per heavy atom. The van der Waals surface area contributed by atoms with Crippen LogP contribution in [0.2, 0.25) is 0 Å². The molecule has 7 heteroatoms. The Kier molecular flexibility index (Phi) is 4.51. The summed E-state index contributed by atoms with van der Waals surface area (Å²) in [6.07, 6.45) is 2.95. The number of nitrogens with one attached hydrogen (secondary N) is 1. The average Bonchev–Trinajstić information content (AvgIpc) is 2.40. The number of carbonyl (C=O) groups is 2. The molecule has 20 heavy (non-hydrogen) atoms. The minimum absolute atomic E-state index is 0.00989. The lowest BCUT2D eigenvalue weighted by atomic mass is 10.1. The minimum atomic E-state index is -1.12. The van der Waals surface area contributed by atoms with Crippen molar-refractivity contribution < 1.29 is 14.7 Å². The second-order valence-corrected chi connectivity index (χ2v) is 5.58. The van der Waals surface area contributed by atoms with Gasteiger partial charge in [-0.1, -0.05) is 6.07 Å². The molecule has 0 bridgehead atoms. The van der Waals surface area contributed by atoms with Gasteiger partial charge in [-0.25, -0.2) is 4.79 Å². The largest absolute Gasteiger partial charge is 0.478 e. The van der Waals surface area contributed by atoms with E-state index in [9.17, 15) is 9.59 Å². The van der Waals surface area contributed by atoms with Gasteiger partial charge in [0, 0.05) is 21.3 Å². The highest BCUT2D eigenvalue weighted by Crippen LogP contribution is 2.27. The van der Waals surface area contributed by atoms with Crippen LogP contribution in [-0.4, -0.2) is 22.0 Å². The van der Waals surface area contributed by atoms with Crippen LogP contribution in [0.25, 0.3) is 0 Å². The Bertz CT molecular complexity index is 689. The number of aromatic nitrogens is 1. The zero-order chi connectivity index (χ0) is 14.7. The van der Waals surface area contributed by atoms with Crippen molar-refractivity contribution in [3.63, 3.8) is 0 Å². The molecule has 0 spiro atoms. The molecule has 0 aliphatic carbocycles. The molecule has 0 aliphatic heterocycles. The summed E-state index contributed by atoms with van der Waals surface area (Å²) in [5.74, 6) is -1.55. The van der Waals surface area contributed by atoms with Gasteiger partial charge in [0.1, 0.15) is 0 Å². The molecule has 1 heterocycles. The van der Waals surface area contributed by atoms with E-state index in [2.05, 4.69) is 42.2 Å². The first-order chi connectivity index (χ1) is 9.49. The summed E-state index contributed by atoms with van der Waals surface area (Å²) >= 11 is 6.45. The first-order valence-corrected chi connectivity index (χ1v) is 7.01. The van der Waals surface area contributed by atoms with E-state index in [0.29, 0.717) is 14.5 Å².